The Morgan fingerprint density at radius 3 is 2.91 bits per heavy atom. The minimum absolute atomic E-state index is 0.225. The third kappa shape index (κ3) is 2.63. The molecule has 4 heterocycles. The van der Waals surface area contributed by atoms with Gasteiger partial charge in [0, 0.05) is 51.2 Å². The molecule has 6 nitrogen and oxygen atoms in total. The molecule has 0 unspecified atom stereocenters. The maximum absolute atomic E-state index is 12.5. The summed E-state index contributed by atoms with van der Waals surface area (Å²) in [5.41, 5.74) is 2.16. The van der Waals surface area contributed by atoms with Gasteiger partial charge in [-0.25, -0.2) is 0 Å². The maximum Gasteiger partial charge on any atom is 0.227 e. The van der Waals surface area contributed by atoms with Crippen LogP contribution in [0.25, 0.3) is 0 Å². The van der Waals surface area contributed by atoms with Crippen LogP contribution in [0.1, 0.15) is 24.8 Å². The molecule has 2 aromatic heterocycles. The summed E-state index contributed by atoms with van der Waals surface area (Å²) in [5, 5.41) is 4.23. The van der Waals surface area contributed by atoms with Crippen molar-refractivity contribution < 1.29 is 4.79 Å². The van der Waals surface area contributed by atoms with E-state index in [0.717, 1.165) is 31.6 Å². The Morgan fingerprint density at radius 1 is 1.26 bits per heavy atom. The van der Waals surface area contributed by atoms with Crippen molar-refractivity contribution >= 4 is 11.6 Å². The van der Waals surface area contributed by atoms with E-state index < -0.39 is 0 Å². The van der Waals surface area contributed by atoms with Crippen molar-refractivity contribution in [1.82, 2.24) is 19.7 Å². The van der Waals surface area contributed by atoms with Crippen LogP contribution in [-0.2, 0) is 18.4 Å². The third-order valence-electron chi connectivity index (χ3n) is 4.96. The molecule has 2 aliphatic rings. The molecule has 2 aliphatic heterocycles. The molecule has 0 N–H and O–H groups in total. The molecule has 0 spiro atoms. The zero-order valence-corrected chi connectivity index (χ0v) is 13.3. The van der Waals surface area contributed by atoms with Crippen molar-refractivity contribution in [2.45, 2.75) is 37.9 Å². The Hall–Kier alpha value is -2.21. The molecule has 2 fully saturated rings. The highest BCUT2D eigenvalue weighted by Crippen LogP contribution is 2.35. The minimum Gasteiger partial charge on any atom is -0.305 e. The van der Waals surface area contributed by atoms with E-state index in [2.05, 4.69) is 21.0 Å². The second-order valence-electron chi connectivity index (χ2n) is 6.43. The van der Waals surface area contributed by atoms with E-state index in [1.54, 1.807) is 17.1 Å². The zero-order chi connectivity index (χ0) is 15.8. The van der Waals surface area contributed by atoms with E-state index in [9.17, 15) is 4.79 Å². The molecule has 23 heavy (non-hydrogen) atoms. The van der Waals surface area contributed by atoms with E-state index in [1.165, 1.54) is 5.56 Å². The van der Waals surface area contributed by atoms with Crippen LogP contribution >= 0.6 is 0 Å². The van der Waals surface area contributed by atoms with Crippen molar-refractivity contribution in [3.8, 4) is 0 Å². The summed E-state index contributed by atoms with van der Waals surface area (Å²) in [6.45, 7) is 1.93. The lowest BCUT2D eigenvalue weighted by molar-refractivity contribution is -0.120. The van der Waals surface area contributed by atoms with Gasteiger partial charge in [-0.3, -0.25) is 19.4 Å². The molecule has 120 valence electrons. The van der Waals surface area contributed by atoms with Crippen molar-refractivity contribution in [1.29, 1.82) is 0 Å². The number of likely N-dealkylation sites (tertiary alicyclic amines) is 1. The number of amides is 1. The Kier molecular flexibility index (Phi) is 3.61. The molecule has 4 rings (SSSR count). The predicted octanol–water partition coefficient (Wildman–Crippen LogP) is 1.58. The van der Waals surface area contributed by atoms with Gasteiger partial charge < -0.3 is 4.90 Å². The van der Waals surface area contributed by atoms with Crippen LogP contribution in [0.5, 0.6) is 0 Å². The number of aromatic nitrogens is 3. The highest BCUT2D eigenvalue weighted by Gasteiger charge is 2.43. The number of nitrogens with zero attached hydrogens (tertiary/aromatic N) is 5. The smallest absolute Gasteiger partial charge is 0.227 e. The highest BCUT2D eigenvalue weighted by atomic mass is 16.2. The molecule has 1 amide bonds. The molecule has 6 heteroatoms. The van der Waals surface area contributed by atoms with Gasteiger partial charge in [0.2, 0.25) is 5.91 Å². The fourth-order valence-corrected chi connectivity index (χ4v) is 3.94. The second-order valence-corrected chi connectivity index (χ2v) is 6.43. The predicted molar refractivity (Wildman–Crippen MR) is 86.8 cm³/mol. The number of carbonyl (C=O) groups excluding carboxylic acids is 1. The summed E-state index contributed by atoms with van der Waals surface area (Å²) in [5.74, 6) is 0.225. The normalized spacial score (nSPS) is 24.9. The standard InChI is InChI=1S/C17H21N5O/c1-20-12-14(10-19-20)22-16-6-8-21(15(16)4-5-17(22)23)11-13-3-2-7-18-9-13/h2-3,7,9-10,12,15-16H,4-6,8,11H2,1H3/t15-,16-/m1/s1. The molecule has 0 radical (unpaired) electrons. The van der Waals surface area contributed by atoms with E-state index >= 15 is 0 Å². The summed E-state index contributed by atoms with van der Waals surface area (Å²) >= 11 is 0. The number of hydrogen-bond acceptors (Lipinski definition) is 4. The number of rotatable bonds is 3. The van der Waals surface area contributed by atoms with Crippen molar-refractivity contribution in [3.63, 3.8) is 0 Å². The van der Waals surface area contributed by atoms with Gasteiger partial charge in [-0.1, -0.05) is 6.07 Å². The number of anilines is 1. The van der Waals surface area contributed by atoms with Crippen LogP contribution < -0.4 is 4.90 Å². The lowest BCUT2D eigenvalue weighted by Gasteiger charge is -2.39. The summed E-state index contributed by atoms with van der Waals surface area (Å²) in [6.07, 6.45) is 10.0. The van der Waals surface area contributed by atoms with Crippen molar-refractivity contribution in [3.05, 3.63) is 42.5 Å². The Bertz CT molecular complexity index is 698. The number of fused-ring (bicyclic) bond motifs is 1. The van der Waals surface area contributed by atoms with Crippen LogP contribution in [0.2, 0.25) is 0 Å². The number of pyridine rings is 1. The molecular formula is C17H21N5O. The van der Waals surface area contributed by atoms with Gasteiger partial charge in [0.25, 0.3) is 0 Å². The SMILES string of the molecule is Cn1cc(N2C(=O)CC[C@@H]3[C@H]2CCN3Cc2cccnc2)cn1. The first-order valence-electron chi connectivity index (χ1n) is 8.16. The third-order valence-corrected chi connectivity index (χ3v) is 4.96. The van der Waals surface area contributed by atoms with E-state index in [4.69, 9.17) is 0 Å². The Balaban J connectivity index is 1.55. The first-order valence-corrected chi connectivity index (χ1v) is 8.16. The number of carbonyl (C=O) groups is 1. The lowest BCUT2D eigenvalue weighted by Crippen LogP contribution is -2.52. The van der Waals surface area contributed by atoms with Gasteiger partial charge >= 0.3 is 0 Å². The molecule has 0 saturated carbocycles. The van der Waals surface area contributed by atoms with Gasteiger partial charge in [-0.15, -0.1) is 0 Å². The molecule has 2 atom stereocenters. The van der Waals surface area contributed by atoms with Gasteiger partial charge in [0.1, 0.15) is 0 Å². The average molecular weight is 311 g/mol. The van der Waals surface area contributed by atoms with Gasteiger partial charge in [-0.2, -0.15) is 5.10 Å². The minimum atomic E-state index is 0.225. The zero-order valence-electron chi connectivity index (χ0n) is 13.3. The lowest BCUT2D eigenvalue weighted by atomic mass is 9.95. The van der Waals surface area contributed by atoms with Gasteiger partial charge in [0.05, 0.1) is 17.9 Å². The van der Waals surface area contributed by atoms with Crippen molar-refractivity contribution in [2.24, 2.45) is 7.05 Å². The molecule has 2 saturated heterocycles. The largest absolute Gasteiger partial charge is 0.305 e. The van der Waals surface area contributed by atoms with E-state index in [1.807, 2.05) is 30.4 Å². The Labute approximate surface area is 135 Å². The van der Waals surface area contributed by atoms with Crippen molar-refractivity contribution in [2.75, 3.05) is 11.4 Å². The maximum atomic E-state index is 12.5. The molecular weight excluding hydrogens is 290 g/mol. The van der Waals surface area contributed by atoms with E-state index in [-0.39, 0.29) is 11.9 Å². The Morgan fingerprint density at radius 2 is 2.17 bits per heavy atom. The summed E-state index contributed by atoms with van der Waals surface area (Å²) < 4.78 is 1.76. The molecule has 2 aromatic rings. The summed E-state index contributed by atoms with van der Waals surface area (Å²) in [6, 6.07) is 4.79. The van der Waals surface area contributed by atoms with Crippen LogP contribution in [0.3, 0.4) is 0 Å². The first kappa shape index (κ1) is 14.4. The van der Waals surface area contributed by atoms with Crippen LogP contribution in [-0.4, -0.2) is 44.2 Å². The highest BCUT2D eigenvalue weighted by molar-refractivity contribution is 5.94. The fraction of sp³-hybridized carbons (Fsp3) is 0.471. The van der Waals surface area contributed by atoms with Crippen LogP contribution in [0.15, 0.2) is 36.9 Å². The van der Waals surface area contributed by atoms with Crippen LogP contribution in [0.4, 0.5) is 5.69 Å². The van der Waals surface area contributed by atoms with Gasteiger partial charge in [-0.05, 0) is 24.5 Å². The number of hydrogen-bond donors (Lipinski definition) is 0. The molecule has 0 aromatic carbocycles. The topological polar surface area (TPSA) is 54.3 Å². The monoisotopic (exact) mass is 311 g/mol. The number of piperidine rings is 1. The first-order chi connectivity index (χ1) is 11.2. The quantitative estimate of drug-likeness (QED) is 0.864. The summed E-state index contributed by atoms with van der Waals surface area (Å²) in [7, 11) is 1.89. The molecule has 0 aliphatic carbocycles. The van der Waals surface area contributed by atoms with Gasteiger partial charge in [0.15, 0.2) is 0 Å². The van der Waals surface area contributed by atoms with E-state index in [0.29, 0.717) is 12.5 Å². The fourth-order valence-electron chi connectivity index (χ4n) is 3.94. The summed E-state index contributed by atoms with van der Waals surface area (Å²) in [4.78, 5) is 21.2. The van der Waals surface area contributed by atoms with Crippen LogP contribution in [0, 0.1) is 0 Å². The number of aryl methyl sites for hydroxylation is 1. The molecule has 0 bridgehead atoms. The average Bonchev–Trinajstić information content (AvgIpc) is 3.15. The second kappa shape index (κ2) is 5.77.